The molecule has 110 valence electrons. The van der Waals surface area contributed by atoms with Crippen LogP contribution in [-0.4, -0.2) is 25.0 Å². The van der Waals surface area contributed by atoms with E-state index < -0.39 is 5.97 Å². The van der Waals surface area contributed by atoms with Crippen molar-refractivity contribution in [3.8, 4) is 17.2 Å². The topological polar surface area (TPSA) is 65.0 Å². The maximum Gasteiger partial charge on any atom is 0.339 e. The van der Waals surface area contributed by atoms with Gasteiger partial charge in [-0.05, 0) is 36.8 Å². The molecule has 0 radical (unpaired) electrons. The summed E-state index contributed by atoms with van der Waals surface area (Å²) in [5.74, 6) is 0.517. The number of para-hydroxylation sites is 1. The minimum atomic E-state index is -1.04. The molecule has 0 aliphatic heterocycles. The number of hydrogen-bond donors (Lipinski definition) is 1. The second-order valence-electron chi connectivity index (χ2n) is 4.39. The fourth-order valence-electron chi connectivity index (χ4n) is 1.85. The number of carboxylic acid groups (broad SMARTS) is 1. The molecule has 0 saturated carbocycles. The molecule has 2 rings (SSSR count). The van der Waals surface area contributed by atoms with Gasteiger partial charge in [0.05, 0.1) is 7.11 Å². The Hall–Kier alpha value is -2.69. The Balaban J connectivity index is 2.02. The molecular weight excluding hydrogens is 272 g/mol. The summed E-state index contributed by atoms with van der Waals surface area (Å²) in [4.78, 5) is 11.0. The predicted molar refractivity (Wildman–Crippen MR) is 77.3 cm³/mol. The van der Waals surface area contributed by atoms with E-state index in [0.29, 0.717) is 11.5 Å². The van der Waals surface area contributed by atoms with Crippen LogP contribution in [0, 0.1) is 6.92 Å². The number of aryl methyl sites for hydroxylation is 1. The van der Waals surface area contributed by atoms with Gasteiger partial charge in [0.15, 0.2) is 0 Å². The third-order valence-electron chi connectivity index (χ3n) is 2.82. The van der Waals surface area contributed by atoms with Gasteiger partial charge < -0.3 is 19.3 Å². The van der Waals surface area contributed by atoms with E-state index in [1.54, 1.807) is 31.4 Å². The van der Waals surface area contributed by atoms with Crippen molar-refractivity contribution in [2.24, 2.45) is 0 Å². The quantitative estimate of drug-likeness (QED) is 0.827. The van der Waals surface area contributed by atoms with Crippen molar-refractivity contribution in [3.05, 3.63) is 53.6 Å². The van der Waals surface area contributed by atoms with E-state index in [4.69, 9.17) is 19.3 Å². The monoisotopic (exact) mass is 288 g/mol. The van der Waals surface area contributed by atoms with Gasteiger partial charge in [0.1, 0.15) is 22.8 Å². The van der Waals surface area contributed by atoms with E-state index in [1.807, 2.05) is 19.1 Å². The van der Waals surface area contributed by atoms with E-state index in [0.717, 1.165) is 5.56 Å². The molecular formula is C16H16O5. The summed E-state index contributed by atoms with van der Waals surface area (Å²) in [5, 5.41) is 9.05. The largest absolute Gasteiger partial charge is 0.497 e. The summed E-state index contributed by atoms with van der Waals surface area (Å²) in [5.41, 5.74) is 1.10. The van der Waals surface area contributed by atoms with Crippen LogP contribution >= 0.6 is 0 Å². The Kier molecular flexibility index (Phi) is 4.66. The second-order valence-corrected chi connectivity index (χ2v) is 4.39. The molecule has 21 heavy (non-hydrogen) atoms. The number of rotatable bonds is 6. The average Bonchev–Trinajstić information content (AvgIpc) is 2.47. The molecule has 2 aromatic rings. The zero-order valence-electron chi connectivity index (χ0n) is 11.8. The maximum absolute atomic E-state index is 11.0. The lowest BCUT2D eigenvalue weighted by atomic mass is 10.2. The lowest BCUT2D eigenvalue weighted by molar-refractivity contribution is 0.0682. The summed E-state index contributed by atoms with van der Waals surface area (Å²) < 4.78 is 16.0. The third-order valence-corrected chi connectivity index (χ3v) is 2.82. The summed E-state index contributed by atoms with van der Waals surface area (Å²) >= 11 is 0. The standard InChI is InChI=1S/C16H16O5/c1-11-7-12(19-2)9-13(8-11)20-10-21-15-6-4-3-5-14(15)16(17)18/h3-9H,10H2,1-2H3,(H,17,18). The lowest BCUT2D eigenvalue weighted by Crippen LogP contribution is -2.09. The van der Waals surface area contributed by atoms with E-state index in [2.05, 4.69) is 0 Å². The van der Waals surface area contributed by atoms with E-state index >= 15 is 0 Å². The average molecular weight is 288 g/mol. The molecule has 0 atom stereocenters. The van der Waals surface area contributed by atoms with E-state index in [-0.39, 0.29) is 18.1 Å². The SMILES string of the molecule is COc1cc(C)cc(OCOc2ccccc2C(=O)O)c1. The molecule has 0 spiro atoms. The first-order valence-electron chi connectivity index (χ1n) is 6.34. The van der Waals surface area contributed by atoms with Gasteiger partial charge >= 0.3 is 5.97 Å². The first-order valence-corrected chi connectivity index (χ1v) is 6.34. The normalized spacial score (nSPS) is 10.0. The molecule has 5 nitrogen and oxygen atoms in total. The van der Waals surface area contributed by atoms with Crippen molar-refractivity contribution >= 4 is 5.97 Å². The predicted octanol–water partition coefficient (Wildman–Crippen LogP) is 3.12. The van der Waals surface area contributed by atoms with Crippen molar-refractivity contribution in [3.63, 3.8) is 0 Å². The summed E-state index contributed by atoms with van der Waals surface area (Å²) in [6.45, 7) is 1.84. The number of hydrogen-bond acceptors (Lipinski definition) is 4. The first-order chi connectivity index (χ1) is 10.1. The van der Waals surface area contributed by atoms with Crippen LogP contribution in [0.4, 0.5) is 0 Å². The summed E-state index contributed by atoms with van der Waals surface area (Å²) in [6, 6.07) is 11.9. The Labute approximate surface area is 122 Å². The van der Waals surface area contributed by atoms with Crippen LogP contribution in [-0.2, 0) is 0 Å². The van der Waals surface area contributed by atoms with Gasteiger partial charge in [0.25, 0.3) is 0 Å². The molecule has 0 bridgehead atoms. The number of methoxy groups -OCH3 is 1. The van der Waals surface area contributed by atoms with Crippen LogP contribution in [0.5, 0.6) is 17.2 Å². The highest BCUT2D eigenvalue weighted by atomic mass is 16.7. The van der Waals surface area contributed by atoms with Crippen molar-refractivity contribution in [2.45, 2.75) is 6.92 Å². The van der Waals surface area contributed by atoms with Crippen molar-refractivity contribution in [1.82, 2.24) is 0 Å². The fourth-order valence-corrected chi connectivity index (χ4v) is 1.85. The number of benzene rings is 2. The molecule has 0 unspecified atom stereocenters. The van der Waals surface area contributed by atoms with Gasteiger partial charge in [-0.2, -0.15) is 0 Å². The summed E-state index contributed by atoms with van der Waals surface area (Å²) in [7, 11) is 1.58. The highest BCUT2D eigenvalue weighted by Crippen LogP contribution is 2.23. The van der Waals surface area contributed by atoms with Crippen LogP contribution in [0.1, 0.15) is 15.9 Å². The van der Waals surface area contributed by atoms with Crippen LogP contribution < -0.4 is 14.2 Å². The molecule has 5 heteroatoms. The van der Waals surface area contributed by atoms with Gasteiger partial charge in [0.2, 0.25) is 6.79 Å². The van der Waals surface area contributed by atoms with Crippen LogP contribution in [0.3, 0.4) is 0 Å². The Morgan fingerprint density at radius 3 is 2.52 bits per heavy atom. The molecule has 2 aromatic carbocycles. The zero-order chi connectivity index (χ0) is 15.2. The zero-order valence-corrected chi connectivity index (χ0v) is 11.8. The van der Waals surface area contributed by atoms with Crippen LogP contribution in [0.25, 0.3) is 0 Å². The fraction of sp³-hybridized carbons (Fsp3) is 0.188. The number of carbonyl (C=O) groups is 1. The first kappa shape index (κ1) is 14.7. The van der Waals surface area contributed by atoms with Crippen molar-refractivity contribution in [2.75, 3.05) is 13.9 Å². The Morgan fingerprint density at radius 2 is 1.81 bits per heavy atom. The minimum Gasteiger partial charge on any atom is -0.497 e. The molecule has 1 N–H and O–H groups in total. The third kappa shape index (κ3) is 3.89. The molecule has 0 aliphatic rings. The van der Waals surface area contributed by atoms with Gasteiger partial charge in [-0.25, -0.2) is 4.79 Å². The van der Waals surface area contributed by atoms with Crippen LogP contribution in [0.15, 0.2) is 42.5 Å². The number of carboxylic acids is 1. The molecule has 0 amide bonds. The highest BCUT2D eigenvalue weighted by molar-refractivity contribution is 5.90. The molecule has 0 fully saturated rings. The Morgan fingerprint density at radius 1 is 1.10 bits per heavy atom. The van der Waals surface area contributed by atoms with E-state index in [9.17, 15) is 4.79 Å². The highest BCUT2D eigenvalue weighted by Gasteiger charge is 2.10. The summed E-state index contributed by atoms with van der Waals surface area (Å²) in [6.07, 6.45) is 0. The van der Waals surface area contributed by atoms with Gasteiger partial charge in [-0.3, -0.25) is 0 Å². The second kappa shape index (κ2) is 6.65. The lowest BCUT2D eigenvalue weighted by Gasteiger charge is -2.11. The molecule has 0 heterocycles. The maximum atomic E-state index is 11.0. The van der Waals surface area contributed by atoms with E-state index in [1.165, 1.54) is 6.07 Å². The number of aromatic carboxylic acids is 1. The van der Waals surface area contributed by atoms with Gasteiger partial charge in [-0.15, -0.1) is 0 Å². The molecule has 0 saturated heterocycles. The molecule has 0 aromatic heterocycles. The minimum absolute atomic E-state index is 0.0864. The van der Waals surface area contributed by atoms with Crippen LogP contribution in [0.2, 0.25) is 0 Å². The number of ether oxygens (including phenoxy) is 3. The van der Waals surface area contributed by atoms with Gasteiger partial charge in [0, 0.05) is 6.07 Å². The molecule has 0 aliphatic carbocycles. The smallest absolute Gasteiger partial charge is 0.339 e. The van der Waals surface area contributed by atoms with Gasteiger partial charge in [-0.1, -0.05) is 12.1 Å². The van der Waals surface area contributed by atoms with Crippen molar-refractivity contribution in [1.29, 1.82) is 0 Å². The Bertz CT molecular complexity index is 636. The van der Waals surface area contributed by atoms with Crippen molar-refractivity contribution < 1.29 is 24.1 Å².